The molecule has 3 aromatic rings. The smallest absolute Gasteiger partial charge is 0.346 e. The maximum Gasteiger partial charge on any atom is 0.346 e. The number of aromatic carboxylic acids is 1. The Labute approximate surface area is 124 Å². The van der Waals surface area contributed by atoms with Gasteiger partial charge in [-0.05, 0) is 31.4 Å². The second-order valence-electron chi connectivity index (χ2n) is 5.20. The molecular formula is C14H12N4O2S. The van der Waals surface area contributed by atoms with E-state index in [-0.39, 0.29) is 0 Å². The van der Waals surface area contributed by atoms with Crippen molar-refractivity contribution in [2.75, 3.05) is 0 Å². The highest BCUT2D eigenvalue weighted by molar-refractivity contribution is 7.20. The minimum absolute atomic E-state index is 0.307. The van der Waals surface area contributed by atoms with Gasteiger partial charge in [-0.15, -0.1) is 11.3 Å². The third-order valence-electron chi connectivity index (χ3n) is 3.72. The Hall–Kier alpha value is -2.28. The molecule has 1 fully saturated rings. The first-order valence-electron chi connectivity index (χ1n) is 6.68. The van der Waals surface area contributed by atoms with Gasteiger partial charge in [-0.1, -0.05) is 0 Å². The van der Waals surface area contributed by atoms with E-state index in [4.69, 9.17) is 0 Å². The number of hydrogen-bond acceptors (Lipinski definition) is 5. The first kappa shape index (κ1) is 12.5. The van der Waals surface area contributed by atoms with Gasteiger partial charge >= 0.3 is 5.97 Å². The molecule has 1 aliphatic carbocycles. The molecular weight excluding hydrogens is 288 g/mol. The van der Waals surface area contributed by atoms with Crippen molar-refractivity contribution in [3.63, 3.8) is 0 Å². The number of thiophene rings is 1. The summed E-state index contributed by atoms with van der Waals surface area (Å²) in [5.41, 5.74) is 1.77. The van der Waals surface area contributed by atoms with Gasteiger partial charge in [0.2, 0.25) is 0 Å². The zero-order chi connectivity index (χ0) is 14.6. The molecule has 0 bridgehead atoms. The Morgan fingerprint density at radius 3 is 2.95 bits per heavy atom. The lowest BCUT2D eigenvalue weighted by atomic mass is 10.2. The Bertz CT molecular complexity index is 863. The van der Waals surface area contributed by atoms with Crippen LogP contribution in [0.4, 0.5) is 0 Å². The van der Waals surface area contributed by atoms with Gasteiger partial charge in [-0.3, -0.25) is 0 Å². The number of carboxylic acid groups (broad SMARTS) is 1. The summed E-state index contributed by atoms with van der Waals surface area (Å²) in [4.78, 5) is 20.8. The van der Waals surface area contributed by atoms with Crippen LogP contribution in [-0.2, 0) is 0 Å². The summed E-state index contributed by atoms with van der Waals surface area (Å²) in [6.07, 6.45) is 5.72. The lowest BCUT2D eigenvalue weighted by Gasteiger charge is -2.02. The second kappa shape index (κ2) is 4.36. The Morgan fingerprint density at radius 1 is 1.43 bits per heavy atom. The lowest BCUT2D eigenvalue weighted by Crippen LogP contribution is -2.01. The first-order valence-corrected chi connectivity index (χ1v) is 7.50. The van der Waals surface area contributed by atoms with Crippen LogP contribution in [0.25, 0.3) is 16.0 Å². The topological polar surface area (TPSA) is 80.9 Å². The zero-order valence-electron chi connectivity index (χ0n) is 11.3. The average Bonchev–Trinajstić information content (AvgIpc) is 3.10. The van der Waals surface area contributed by atoms with Crippen LogP contribution in [0.3, 0.4) is 0 Å². The number of aromatic nitrogens is 4. The molecule has 0 aromatic carbocycles. The highest BCUT2D eigenvalue weighted by atomic mass is 32.1. The highest BCUT2D eigenvalue weighted by Crippen LogP contribution is 2.39. The van der Waals surface area contributed by atoms with Crippen LogP contribution in [-0.4, -0.2) is 30.8 Å². The quantitative estimate of drug-likeness (QED) is 0.804. The molecule has 6 nitrogen and oxygen atoms in total. The number of carboxylic acids is 1. The minimum atomic E-state index is -0.930. The van der Waals surface area contributed by atoms with Crippen molar-refractivity contribution in [1.29, 1.82) is 0 Å². The Balaban J connectivity index is 1.92. The predicted molar refractivity (Wildman–Crippen MR) is 78.2 cm³/mol. The number of aryl methyl sites for hydroxylation is 1. The summed E-state index contributed by atoms with van der Waals surface area (Å²) in [5, 5.41) is 14.6. The van der Waals surface area contributed by atoms with Crippen molar-refractivity contribution in [3.8, 4) is 5.82 Å². The molecule has 7 heteroatoms. The fourth-order valence-corrected chi connectivity index (χ4v) is 3.47. The fourth-order valence-electron chi connectivity index (χ4n) is 2.48. The van der Waals surface area contributed by atoms with Gasteiger partial charge in [0.25, 0.3) is 0 Å². The molecule has 106 valence electrons. The van der Waals surface area contributed by atoms with Gasteiger partial charge in [0, 0.05) is 12.1 Å². The predicted octanol–water partition coefficient (Wildman–Crippen LogP) is 2.76. The number of nitrogens with zero attached hydrogens (tertiary/aromatic N) is 4. The molecule has 1 aliphatic rings. The van der Waals surface area contributed by atoms with Gasteiger partial charge in [0.15, 0.2) is 5.82 Å². The van der Waals surface area contributed by atoms with Crippen molar-refractivity contribution < 1.29 is 9.90 Å². The van der Waals surface area contributed by atoms with Crippen LogP contribution < -0.4 is 0 Å². The summed E-state index contributed by atoms with van der Waals surface area (Å²) in [6, 6.07) is 2.01. The van der Waals surface area contributed by atoms with Crippen LogP contribution in [0.5, 0.6) is 0 Å². The number of rotatable bonds is 3. The molecule has 3 aromatic heterocycles. The van der Waals surface area contributed by atoms with Gasteiger partial charge < -0.3 is 5.11 Å². The zero-order valence-corrected chi connectivity index (χ0v) is 12.1. The third-order valence-corrected chi connectivity index (χ3v) is 4.91. The number of fused-ring (bicyclic) bond motifs is 1. The molecule has 0 atom stereocenters. The molecule has 3 heterocycles. The largest absolute Gasteiger partial charge is 0.477 e. The van der Waals surface area contributed by atoms with Gasteiger partial charge in [0.1, 0.15) is 16.0 Å². The van der Waals surface area contributed by atoms with E-state index in [1.807, 2.05) is 12.3 Å². The van der Waals surface area contributed by atoms with Crippen LogP contribution >= 0.6 is 11.3 Å². The molecule has 0 saturated heterocycles. The summed E-state index contributed by atoms with van der Waals surface area (Å²) >= 11 is 1.17. The van der Waals surface area contributed by atoms with Crippen LogP contribution in [0.15, 0.2) is 18.6 Å². The molecule has 21 heavy (non-hydrogen) atoms. The summed E-state index contributed by atoms with van der Waals surface area (Å²) in [7, 11) is 0. The monoisotopic (exact) mass is 300 g/mol. The summed E-state index contributed by atoms with van der Waals surface area (Å²) in [5.74, 6) is 0.287. The van der Waals surface area contributed by atoms with Crippen molar-refractivity contribution >= 4 is 27.5 Å². The van der Waals surface area contributed by atoms with Crippen LogP contribution in [0.1, 0.15) is 39.7 Å². The van der Waals surface area contributed by atoms with Crippen molar-refractivity contribution in [3.05, 3.63) is 34.7 Å². The van der Waals surface area contributed by atoms with E-state index < -0.39 is 5.97 Å². The Kier molecular flexibility index (Phi) is 2.58. The number of carbonyl (C=O) groups is 1. The van der Waals surface area contributed by atoms with Crippen LogP contribution in [0.2, 0.25) is 0 Å². The molecule has 0 radical (unpaired) electrons. The highest BCUT2D eigenvalue weighted by Gasteiger charge is 2.26. The minimum Gasteiger partial charge on any atom is -0.477 e. The lowest BCUT2D eigenvalue weighted by molar-refractivity contribution is 0.0701. The van der Waals surface area contributed by atoms with E-state index >= 15 is 0 Å². The average molecular weight is 300 g/mol. The molecule has 0 amide bonds. The van der Waals surface area contributed by atoms with E-state index in [0.717, 1.165) is 11.1 Å². The van der Waals surface area contributed by atoms with Crippen molar-refractivity contribution in [1.82, 2.24) is 19.7 Å². The van der Waals surface area contributed by atoms with E-state index in [0.29, 0.717) is 27.0 Å². The van der Waals surface area contributed by atoms with Crippen LogP contribution in [0, 0.1) is 6.92 Å². The normalized spacial score (nSPS) is 14.7. The summed E-state index contributed by atoms with van der Waals surface area (Å²) < 4.78 is 1.73. The second-order valence-corrected chi connectivity index (χ2v) is 6.20. The van der Waals surface area contributed by atoms with Crippen molar-refractivity contribution in [2.24, 2.45) is 0 Å². The number of hydrogen-bond donors (Lipinski definition) is 1. The van der Waals surface area contributed by atoms with Gasteiger partial charge in [0.05, 0.1) is 11.1 Å². The fraction of sp³-hybridized carbons (Fsp3) is 0.286. The van der Waals surface area contributed by atoms with E-state index in [1.54, 1.807) is 11.6 Å². The standard InChI is InChI=1S/C14H12N4O2S/c1-7-10-12(18-5-4-9(17-18)8-2-3-8)15-6-16-13(10)21-11(7)14(19)20/h4-6,8H,2-3H2,1H3,(H,19,20). The SMILES string of the molecule is Cc1c(C(=O)O)sc2ncnc(-n3ccc(C4CC4)n3)c12. The van der Waals surface area contributed by atoms with Crippen molar-refractivity contribution in [2.45, 2.75) is 25.7 Å². The molecule has 1 N–H and O–H groups in total. The molecule has 4 rings (SSSR count). The summed E-state index contributed by atoms with van der Waals surface area (Å²) in [6.45, 7) is 1.79. The first-order chi connectivity index (χ1) is 10.1. The molecule has 0 spiro atoms. The Morgan fingerprint density at radius 2 is 2.24 bits per heavy atom. The molecule has 0 aliphatic heterocycles. The van der Waals surface area contributed by atoms with E-state index in [2.05, 4.69) is 15.1 Å². The van der Waals surface area contributed by atoms with Gasteiger partial charge in [-0.2, -0.15) is 5.10 Å². The van der Waals surface area contributed by atoms with E-state index in [1.165, 1.54) is 30.5 Å². The van der Waals surface area contributed by atoms with E-state index in [9.17, 15) is 9.90 Å². The third kappa shape index (κ3) is 1.92. The maximum absolute atomic E-state index is 11.3. The van der Waals surface area contributed by atoms with Gasteiger partial charge in [-0.25, -0.2) is 19.4 Å². The maximum atomic E-state index is 11.3. The molecule has 1 saturated carbocycles. The molecule has 0 unspecified atom stereocenters.